The Kier molecular flexibility index (Phi) is 13.6. The summed E-state index contributed by atoms with van der Waals surface area (Å²) in [5.74, 6) is 1.63. The van der Waals surface area contributed by atoms with E-state index in [1.54, 1.807) is 11.3 Å². The summed E-state index contributed by atoms with van der Waals surface area (Å²) in [6, 6.07) is 10.3. The molecule has 0 spiro atoms. The molecule has 0 fully saturated rings. The third kappa shape index (κ3) is 9.10. The molecule has 2 aromatic rings. The summed E-state index contributed by atoms with van der Waals surface area (Å²) in [5, 5.41) is 5.54. The third-order valence-corrected chi connectivity index (χ3v) is 4.40. The van der Waals surface area contributed by atoms with Crippen LogP contribution in [0.4, 0.5) is 0 Å². The van der Waals surface area contributed by atoms with Gasteiger partial charge in [-0.1, -0.05) is 12.1 Å². The summed E-state index contributed by atoms with van der Waals surface area (Å²) >= 11 is 1.70. The van der Waals surface area contributed by atoms with Crippen molar-refractivity contribution in [3.63, 3.8) is 0 Å². The summed E-state index contributed by atoms with van der Waals surface area (Å²) in [5.41, 5.74) is 1.21. The van der Waals surface area contributed by atoms with Crippen molar-refractivity contribution in [3.8, 4) is 11.5 Å². The van der Waals surface area contributed by atoms with Gasteiger partial charge < -0.3 is 19.7 Å². The van der Waals surface area contributed by atoms with E-state index >= 15 is 0 Å². The van der Waals surface area contributed by atoms with Gasteiger partial charge in [0.15, 0.2) is 11.5 Å². The van der Waals surface area contributed by atoms with Crippen molar-refractivity contribution in [1.82, 2.24) is 10.2 Å². The first-order valence-corrected chi connectivity index (χ1v) is 9.33. The second-order valence-corrected chi connectivity index (χ2v) is 6.95. The van der Waals surface area contributed by atoms with Gasteiger partial charge >= 0.3 is 0 Å². The second kappa shape index (κ2) is 14.1. The molecule has 0 saturated carbocycles. The van der Waals surface area contributed by atoms with Crippen LogP contribution in [0, 0.1) is 0 Å². The molecule has 0 amide bonds. The fourth-order valence-corrected chi connectivity index (χ4v) is 2.96. The maximum absolute atomic E-state index is 5.92. The Morgan fingerprint density at radius 2 is 1.88 bits per heavy atom. The normalized spacial score (nSPS) is 10.2. The highest BCUT2D eigenvalue weighted by atomic mass is 35.5. The maximum Gasteiger partial charge on any atom is 0.161 e. The number of nitrogens with one attached hydrogen (secondary N) is 1. The SMILES string of the molecule is CCOc1cc(CNCCCN(C)C)ccc1OCc1cccs1.Cl.Cl. The minimum absolute atomic E-state index is 0. The van der Waals surface area contributed by atoms with Gasteiger partial charge in [-0.3, -0.25) is 0 Å². The molecule has 1 heterocycles. The third-order valence-electron chi connectivity index (χ3n) is 3.55. The summed E-state index contributed by atoms with van der Waals surface area (Å²) in [7, 11) is 4.20. The molecule has 0 bridgehead atoms. The van der Waals surface area contributed by atoms with Crippen LogP contribution in [-0.4, -0.2) is 38.7 Å². The van der Waals surface area contributed by atoms with Crippen LogP contribution in [0.15, 0.2) is 35.7 Å². The molecular formula is C19H30Cl2N2O2S. The second-order valence-electron chi connectivity index (χ2n) is 5.92. The van der Waals surface area contributed by atoms with Crippen LogP contribution in [0.3, 0.4) is 0 Å². The van der Waals surface area contributed by atoms with Crippen LogP contribution in [-0.2, 0) is 13.2 Å². The molecule has 4 nitrogen and oxygen atoms in total. The average Bonchev–Trinajstić information content (AvgIpc) is 3.07. The Hall–Kier alpha value is -0.980. The minimum atomic E-state index is 0. The number of hydrogen-bond acceptors (Lipinski definition) is 5. The van der Waals surface area contributed by atoms with Crippen molar-refractivity contribution in [3.05, 3.63) is 46.2 Å². The van der Waals surface area contributed by atoms with Crippen molar-refractivity contribution >= 4 is 36.2 Å². The largest absolute Gasteiger partial charge is 0.490 e. The fourth-order valence-electron chi connectivity index (χ4n) is 2.35. The summed E-state index contributed by atoms with van der Waals surface area (Å²) in [4.78, 5) is 3.42. The van der Waals surface area contributed by atoms with Crippen molar-refractivity contribution in [2.45, 2.75) is 26.5 Å². The number of hydrogen-bond donors (Lipinski definition) is 1. The Morgan fingerprint density at radius 1 is 1.08 bits per heavy atom. The Labute approximate surface area is 173 Å². The van der Waals surface area contributed by atoms with E-state index in [-0.39, 0.29) is 24.8 Å². The van der Waals surface area contributed by atoms with E-state index < -0.39 is 0 Å². The molecule has 1 N–H and O–H groups in total. The Bertz CT molecular complexity index is 595. The molecule has 0 aliphatic heterocycles. The first-order valence-electron chi connectivity index (χ1n) is 8.45. The van der Waals surface area contributed by atoms with E-state index in [4.69, 9.17) is 9.47 Å². The molecule has 1 aromatic carbocycles. The van der Waals surface area contributed by atoms with E-state index in [9.17, 15) is 0 Å². The zero-order valence-corrected chi connectivity index (χ0v) is 18.1. The predicted octanol–water partition coefficient (Wildman–Crippen LogP) is 4.61. The van der Waals surface area contributed by atoms with Crippen LogP contribution < -0.4 is 14.8 Å². The molecule has 26 heavy (non-hydrogen) atoms. The van der Waals surface area contributed by atoms with E-state index in [1.165, 1.54) is 10.4 Å². The quantitative estimate of drug-likeness (QED) is 0.538. The summed E-state index contributed by atoms with van der Waals surface area (Å²) < 4.78 is 11.7. The number of rotatable bonds is 11. The van der Waals surface area contributed by atoms with Crippen molar-refractivity contribution in [2.24, 2.45) is 0 Å². The number of halogens is 2. The highest BCUT2D eigenvalue weighted by molar-refractivity contribution is 7.09. The lowest BCUT2D eigenvalue weighted by atomic mass is 10.2. The maximum atomic E-state index is 5.92. The van der Waals surface area contributed by atoms with Gasteiger partial charge in [0.05, 0.1) is 6.61 Å². The van der Waals surface area contributed by atoms with Crippen LogP contribution in [0.1, 0.15) is 23.8 Å². The fraction of sp³-hybridized carbons (Fsp3) is 0.474. The molecule has 2 rings (SSSR count). The smallest absolute Gasteiger partial charge is 0.161 e. The lowest BCUT2D eigenvalue weighted by Gasteiger charge is -2.14. The van der Waals surface area contributed by atoms with E-state index in [2.05, 4.69) is 47.9 Å². The van der Waals surface area contributed by atoms with Gasteiger partial charge in [-0.15, -0.1) is 36.2 Å². The van der Waals surface area contributed by atoms with Crippen LogP contribution >= 0.6 is 36.2 Å². The van der Waals surface area contributed by atoms with Crippen LogP contribution in [0.25, 0.3) is 0 Å². The van der Waals surface area contributed by atoms with Crippen LogP contribution in [0.5, 0.6) is 11.5 Å². The van der Waals surface area contributed by atoms with Gasteiger partial charge in [-0.05, 0) is 69.7 Å². The highest BCUT2D eigenvalue weighted by Gasteiger charge is 2.07. The number of ether oxygens (including phenoxy) is 2. The topological polar surface area (TPSA) is 33.7 Å². The molecular weight excluding hydrogens is 391 g/mol. The molecule has 0 atom stereocenters. The Balaban J connectivity index is 0.00000312. The van der Waals surface area contributed by atoms with Crippen molar-refractivity contribution < 1.29 is 9.47 Å². The molecule has 1 aromatic heterocycles. The Morgan fingerprint density at radius 3 is 2.54 bits per heavy atom. The number of thiophene rings is 1. The average molecular weight is 421 g/mol. The van der Waals surface area contributed by atoms with Crippen LogP contribution in [0.2, 0.25) is 0 Å². The zero-order chi connectivity index (χ0) is 17.2. The summed E-state index contributed by atoms with van der Waals surface area (Å²) in [6.07, 6.45) is 1.15. The first-order chi connectivity index (χ1) is 11.7. The van der Waals surface area contributed by atoms with Crippen molar-refractivity contribution in [2.75, 3.05) is 33.8 Å². The standard InChI is InChI=1S/C19H28N2O2S.2ClH/c1-4-22-19-13-16(14-20-10-6-11-21(2)3)8-9-18(19)23-15-17-7-5-12-24-17;;/h5,7-9,12-13,20H,4,6,10-11,14-15H2,1-3H3;2*1H. The molecule has 0 aliphatic rings. The van der Waals surface area contributed by atoms with Gasteiger partial charge in [-0.25, -0.2) is 0 Å². The van der Waals surface area contributed by atoms with E-state index in [0.29, 0.717) is 13.2 Å². The lowest BCUT2D eigenvalue weighted by Crippen LogP contribution is -2.21. The minimum Gasteiger partial charge on any atom is -0.490 e. The van der Waals surface area contributed by atoms with Gasteiger partial charge in [-0.2, -0.15) is 0 Å². The highest BCUT2D eigenvalue weighted by Crippen LogP contribution is 2.29. The molecule has 0 unspecified atom stereocenters. The van der Waals surface area contributed by atoms with Crippen molar-refractivity contribution in [1.29, 1.82) is 0 Å². The van der Waals surface area contributed by atoms with Gasteiger partial charge in [0.25, 0.3) is 0 Å². The molecule has 148 valence electrons. The monoisotopic (exact) mass is 420 g/mol. The molecule has 0 saturated heterocycles. The predicted molar refractivity (Wildman–Crippen MR) is 116 cm³/mol. The lowest BCUT2D eigenvalue weighted by molar-refractivity contribution is 0.271. The molecule has 0 aliphatic carbocycles. The molecule has 7 heteroatoms. The van der Waals surface area contributed by atoms with Gasteiger partial charge in [0.2, 0.25) is 0 Å². The summed E-state index contributed by atoms with van der Waals surface area (Å²) in [6.45, 7) is 6.17. The van der Waals surface area contributed by atoms with Gasteiger partial charge in [0, 0.05) is 11.4 Å². The van der Waals surface area contributed by atoms with E-state index in [1.807, 2.05) is 19.1 Å². The molecule has 0 radical (unpaired) electrons. The van der Waals surface area contributed by atoms with Gasteiger partial charge in [0.1, 0.15) is 6.61 Å². The zero-order valence-electron chi connectivity index (χ0n) is 15.7. The first kappa shape index (κ1) is 25.0. The van der Waals surface area contributed by atoms with E-state index in [0.717, 1.165) is 37.6 Å². The number of nitrogens with zero attached hydrogens (tertiary/aromatic N) is 1. The number of benzene rings is 1.